The number of aromatic nitrogens is 2. The molecule has 0 spiro atoms. The van der Waals surface area contributed by atoms with E-state index < -0.39 is 5.56 Å². The molecule has 19 heavy (non-hydrogen) atoms. The van der Waals surface area contributed by atoms with Crippen LogP contribution in [0.4, 0.5) is 0 Å². The summed E-state index contributed by atoms with van der Waals surface area (Å²) in [6.07, 6.45) is 0.483. The Labute approximate surface area is 109 Å². The van der Waals surface area contributed by atoms with E-state index in [0.29, 0.717) is 29.0 Å². The summed E-state index contributed by atoms with van der Waals surface area (Å²) in [5.74, 6) is 1.19. The quantitative estimate of drug-likeness (QED) is 0.837. The highest BCUT2D eigenvalue weighted by molar-refractivity contribution is 5.78. The number of carbonyl (C=O) groups excluding carboxylic acids is 1. The largest absolute Gasteiger partial charge is 0.497 e. The van der Waals surface area contributed by atoms with Crippen molar-refractivity contribution in [3.8, 4) is 22.8 Å². The van der Waals surface area contributed by atoms with Crippen molar-refractivity contribution in [2.75, 3.05) is 14.2 Å². The first-order chi connectivity index (χ1) is 9.19. The summed E-state index contributed by atoms with van der Waals surface area (Å²) in [6.45, 7) is 0. The minimum Gasteiger partial charge on any atom is -0.497 e. The number of hydrogen-bond acceptors (Lipinski definition) is 5. The van der Waals surface area contributed by atoms with Crippen LogP contribution >= 0.6 is 0 Å². The second kappa shape index (κ2) is 5.34. The zero-order chi connectivity index (χ0) is 13.8. The molecule has 1 N–H and O–H groups in total. The second-order valence-electron chi connectivity index (χ2n) is 3.72. The van der Waals surface area contributed by atoms with Gasteiger partial charge in [0.2, 0.25) is 0 Å². The molecule has 0 unspecified atom stereocenters. The fraction of sp³-hybridized carbons (Fsp3) is 0.154. The first-order valence-corrected chi connectivity index (χ1v) is 5.47. The van der Waals surface area contributed by atoms with Crippen LogP contribution in [0, 0.1) is 0 Å². The molecule has 0 aliphatic carbocycles. The summed E-state index contributed by atoms with van der Waals surface area (Å²) in [5.41, 5.74) is 0.536. The Kier molecular flexibility index (Phi) is 3.61. The summed E-state index contributed by atoms with van der Waals surface area (Å²) >= 11 is 0. The minimum absolute atomic E-state index is 0.00914. The van der Waals surface area contributed by atoms with Gasteiger partial charge in [0.05, 0.1) is 25.5 Å². The predicted molar refractivity (Wildman–Crippen MR) is 68.8 cm³/mol. The van der Waals surface area contributed by atoms with Gasteiger partial charge >= 0.3 is 0 Å². The lowest BCUT2D eigenvalue weighted by Gasteiger charge is -2.09. The molecule has 0 aliphatic rings. The van der Waals surface area contributed by atoms with Gasteiger partial charge < -0.3 is 9.47 Å². The lowest BCUT2D eigenvalue weighted by molar-refractivity contribution is 0.112. The molecule has 6 nitrogen and oxygen atoms in total. The van der Waals surface area contributed by atoms with Crippen LogP contribution in [0.3, 0.4) is 0 Å². The molecular formula is C13H12N2O4. The van der Waals surface area contributed by atoms with E-state index in [1.165, 1.54) is 13.2 Å². The molecule has 0 saturated heterocycles. The van der Waals surface area contributed by atoms with Crippen molar-refractivity contribution in [2.45, 2.75) is 0 Å². The van der Waals surface area contributed by atoms with Gasteiger partial charge in [-0.2, -0.15) is 5.10 Å². The van der Waals surface area contributed by atoms with Gasteiger partial charge in [-0.25, -0.2) is 5.10 Å². The van der Waals surface area contributed by atoms with Crippen LogP contribution in [0.25, 0.3) is 11.3 Å². The number of rotatable bonds is 4. The molecule has 0 aliphatic heterocycles. The third-order valence-electron chi connectivity index (χ3n) is 2.64. The molecule has 1 aromatic carbocycles. The maximum Gasteiger partial charge on any atom is 0.274 e. The Balaban J connectivity index is 2.62. The van der Waals surface area contributed by atoms with E-state index in [9.17, 15) is 9.59 Å². The van der Waals surface area contributed by atoms with E-state index in [-0.39, 0.29) is 5.56 Å². The lowest BCUT2D eigenvalue weighted by atomic mass is 10.1. The number of carbonyl (C=O) groups is 1. The molecule has 2 rings (SSSR count). The monoisotopic (exact) mass is 260 g/mol. The van der Waals surface area contributed by atoms with E-state index in [1.807, 2.05) is 0 Å². The van der Waals surface area contributed by atoms with Gasteiger partial charge in [-0.1, -0.05) is 0 Å². The number of benzene rings is 1. The summed E-state index contributed by atoms with van der Waals surface area (Å²) in [4.78, 5) is 22.1. The number of aldehydes is 1. The Bertz CT molecular complexity index is 664. The first-order valence-electron chi connectivity index (χ1n) is 5.47. The summed E-state index contributed by atoms with van der Waals surface area (Å²) in [7, 11) is 3.07. The van der Waals surface area contributed by atoms with Gasteiger partial charge in [-0.3, -0.25) is 9.59 Å². The van der Waals surface area contributed by atoms with Crippen LogP contribution in [0.1, 0.15) is 10.4 Å². The highest BCUT2D eigenvalue weighted by Crippen LogP contribution is 2.31. The third kappa shape index (κ3) is 2.47. The average molecular weight is 260 g/mol. The molecule has 2 aromatic rings. The average Bonchev–Trinajstić information content (AvgIpc) is 2.47. The van der Waals surface area contributed by atoms with Crippen molar-refractivity contribution in [1.29, 1.82) is 0 Å². The number of aromatic amines is 1. The molecule has 0 atom stereocenters. The normalized spacial score (nSPS) is 10.0. The van der Waals surface area contributed by atoms with Gasteiger partial charge in [-0.15, -0.1) is 0 Å². The maximum absolute atomic E-state index is 11.3. The maximum atomic E-state index is 11.3. The number of hydrogen-bond donors (Lipinski definition) is 1. The highest BCUT2D eigenvalue weighted by Gasteiger charge is 2.11. The number of nitrogens with zero attached hydrogens (tertiary/aromatic N) is 1. The van der Waals surface area contributed by atoms with Crippen molar-refractivity contribution < 1.29 is 14.3 Å². The standard InChI is InChI=1S/C13H12N2O4/c1-18-9-3-4-12(19-2)10(6-9)11-5-8(7-16)13(17)15-14-11/h3-7H,1-2H3,(H,15,17). The van der Waals surface area contributed by atoms with Crippen LogP contribution in [0.2, 0.25) is 0 Å². The van der Waals surface area contributed by atoms with Crippen LogP contribution in [0.5, 0.6) is 11.5 Å². The fourth-order valence-electron chi connectivity index (χ4n) is 1.66. The van der Waals surface area contributed by atoms with Gasteiger partial charge in [0.1, 0.15) is 11.5 Å². The van der Waals surface area contributed by atoms with Gasteiger partial charge in [0, 0.05) is 5.56 Å². The Morgan fingerprint density at radius 2 is 2.00 bits per heavy atom. The van der Waals surface area contributed by atoms with E-state index in [0.717, 1.165) is 0 Å². The first kappa shape index (κ1) is 12.8. The van der Waals surface area contributed by atoms with E-state index in [1.54, 1.807) is 25.3 Å². The van der Waals surface area contributed by atoms with Crippen molar-refractivity contribution in [1.82, 2.24) is 10.2 Å². The molecule has 6 heteroatoms. The third-order valence-corrected chi connectivity index (χ3v) is 2.64. The molecule has 0 saturated carbocycles. The number of ether oxygens (including phenoxy) is 2. The Morgan fingerprint density at radius 1 is 1.21 bits per heavy atom. The predicted octanol–water partition coefficient (Wildman–Crippen LogP) is 1.27. The topological polar surface area (TPSA) is 81.3 Å². The summed E-state index contributed by atoms with van der Waals surface area (Å²) in [5, 5.41) is 6.18. The van der Waals surface area contributed by atoms with Gasteiger partial charge in [0.25, 0.3) is 5.56 Å². The fourth-order valence-corrected chi connectivity index (χ4v) is 1.66. The number of nitrogens with one attached hydrogen (secondary N) is 1. The van der Waals surface area contributed by atoms with Crippen LogP contribution in [0.15, 0.2) is 29.1 Å². The molecule has 0 bridgehead atoms. The number of H-pyrrole nitrogens is 1. The molecule has 1 heterocycles. The molecule has 0 radical (unpaired) electrons. The molecule has 0 amide bonds. The van der Waals surface area contributed by atoms with Gasteiger partial charge in [-0.05, 0) is 24.3 Å². The van der Waals surface area contributed by atoms with Crippen molar-refractivity contribution in [3.05, 3.63) is 40.2 Å². The van der Waals surface area contributed by atoms with E-state index >= 15 is 0 Å². The van der Waals surface area contributed by atoms with Crippen molar-refractivity contribution >= 4 is 6.29 Å². The van der Waals surface area contributed by atoms with Crippen molar-refractivity contribution in [3.63, 3.8) is 0 Å². The Morgan fingerprint density at radius 3 is 2.63 bits per heavy atom. The number of methoxy groups -OCH3 is 2. The van der Waals surface area contributed by atoms with Crippen LogP contribution in [-0.4, -0.2) is 30.7 Å². The van der Waals surface area contributed by atoms with E-state index in [4.69, 9.17) is 9.47 Å². The molecule has 0 fully saturated rings. The zero-order valence-corrected chi connectivity index (χ0v) is 10.5. The Hall–Kier alpha value is -2.63. The van der Waals surface area contributed by atoms with Gasteiger partial charge in [0.15, 0.2) is 6.29 Å². The molecular weight excluding hydrogens is 248 g/mol. The molecule has 1 aromatic heterocycles. The minimum atomic E-state index is -0.527. The van der Waals surface area contributed by atoms with Crippen LogP contribution in [-0.2, 0) is 0 Å². The molecule has 98 valence electrons. The van der Waals surface area contributed by atoms with E-state index in [2.05, 4.69) is 10.2 Å². The summed E-state index contributed by atoms with van der Waals surface area (Å²) < 4.78 is 10.4. The van der Waals surface area contributed by atoms with Crippen LogP contribution < -0.4 is 15.0 Å². The SMILES string of the molecule is COc1ccc(OC)c(-c2cc(C=O)c(=O)[nH]n2)c1. The lowest BCUT2D eigenvalue weighted by Crippen LogP contribution is -2.13. The summed E-state index contributed by atoms with van der Waals surface area (Å²) in [6, 6.07) is 6.59. The highest BCUT2D eigenvalue weighted by atomic mass is 16.5. The zero-order valence-electron chi connectivity index (χ0n) is 10.5. The smallest absolute Gasteiger partial charge is 0.274 e. The second-order valence-corrected chi connectivity index (χ2v) is 3.72. The van der Waals surface area contributed by atoms with Crippen molar-refractivity contribution in [2.24, 2.45) is 0 Å².